The van der Waals surface area contributed by atoms with Crippen LogP contribution in [0.25, 0.3) is 0 Å². The van der Waals surface area contributed by atoms with Crippen molar-refractivity contribution >= 4 is 17.4 Å². The van der Waals surface area contributed by atoms with Gasteiger partial charge in [0.2, 0.25) is 6.08 Å². The Morgan fingerprint density at radius 1 is 1.82 bits per heavy atom. The van der Waals surface area contributed by atoms with Crippen LogP contribution in [0, 0.1) is 6.92 Å². The Bertz CT molecular complexity index is 288. The number of carbonyl (C=O) groups excluding carboxylic acids is 1. The second-order valence-corrected chi connectivity index (χ2v) is 3.11. The molecule has 0 aliphatic heterocycles. The van der Waals surface area contributed by atoms with Crippen LogP contribution in [0.4, 0.5) is 0 Å². The molecule has 0 spiro atoms. The van der Waals surface area contributed by atoms with Crippen LogP contribution in [-0.2, 0) is 4.79 Å². The fraction of sp³-hybridized carbons (Fsp3) is 0.429. The topological polar surface area (TPSA) is 42.3 Å². The Hall–Kier alpha value is -0.990. The van der Waals surface area contributed by atoms with Crippen LogP contribution >= 0.6 is 11.3 Å². The van der Waals surface area contributed by atoms with Gasteiger partial charge in [-0.1, -0.05) is 0 Å². The molecule has 1 aromatic heterocycles. The van der Waals surface area contributed by atoms with Gasteiger partial charge >= 0.3 is 0 Å². The Morgan fingerprint density at radius 3 is 3.00 bits per heavy atom. The van der Waals surface area contributed by atoms with Gasteiger partial charge in [-0.3, -0.25) is 0 Å². The molecule has 0 saturated heterocycles. The third-order valence-electron chi connectivity index (χ3n) is 1.24. The Kier molecular flexibility index (Phi) is 2.52. The smallest absolute Gasteiger partial charge is 0.235 e. The molecule has 0 amide bonds. The number of thiazole rings is 1. The number of aromatic nitrogens is 1. The van der Waals surface area contributed by atoms with Crippen LogP contribution in [0.2, 0.25) is 0 Å². The molecule has 1 heterocycles. The SMILES string of the molecule is Cc1csc(C(C)N=C=O)n1. The second kappa shape index (κ2) is 3.42. The van der Waals surface area contributed by atoms with Crippen LogP contribution in [0.1, 0.15) is 23.7 Å². The van der Waals surface area contributed by atoms with Crippen molar-refractivity contribution in [2.75, 3.05) is 0 Å². The highest BCUT2D eigenvalue weighted by Gasteiger charge is 2.06. The molecule has 0 fully saturated rings. The van der Waals surface area contributed by atoms with E-state index in [2.05, 4.69) is 9.98 Å². The highest BCUT2D eigenvalue weighted by molar-refractivity contribution is 7.09. The molecule has 0 radical (unpaired) electrons. The predicted molar refractivity (Wildman–Crippen MR) is 43.4 cm³/mol. The summed E-state index contributed by atoms with van der Waals surface area (Å²) in [6, 6.07) is -0.147. The molecule has 1 atom stereocenters. The van der Waals surface area contributed by atoms with E-state index in [1.165, 1.54) is 17.4 Å². The molecule has 1 rings (SSSR count). The molecule has 0 bridgehead atoms. The van der Waals surface area contributed by atoms with E-state index >= 15 is 0 Å². The van der Waals surface area contributed by atoms with Crippen molar-refractivity contribution in [3.63, 3.8) is 0 Å². The summed E-state index contributed by atoms with van der Waals surface area (Å²) in [6.07, 6.45) is 1.52. The second-order valence-electron chi connectivity index (χ2n) is 2.22. The lowest BCUT2D eigenvalue weighted by Gasteiger charge is -1.95. The molecule has 58 valence electrons. The van der Waals surface area contributed by atoms with Gasteiger partial charge in [-0.25, -0.2) is 9.78 Å². The molecule has 0 aliphatic rings. The van der Waals surface area contributed by atoms with E-state index in [1.807, 2.05) is 19.2 Å². The van der Waals surface area contributed by atoms with Crippen molar-refractivity contribution in [2.45, 2.75) is 19.9 Å². The number of aliphatic imine (C=N–C) groups is 1. The average molecular weight is 168 g/mol. The van der Waals surface area contributed by atoms with Crippen molar-refractivity contribution < 1.29 is 4.79 Å². The first kappa shape index (κ1) is 8.11. The molecule has 0 saturated carbocycles. The molecular weight excluding hydrogens is 160 g/mol. The van der Waals surface area contributed by atoms with Gasteiger partial charge in [0.25, 0.3) is 0 Å². The largest absolute Gasteiger partial charge is 0.244 e. The minimum atomic E-state index is -0.147. The summed E-state index contributed by atoms with van der Waals surface area (Å²) >= 11 is 1.51. The highest BCUT2D eigenvalue weighted by Crippen LogP contribution is 2.19. The number of rotatable bonds is 2. The van der Waals surface area contributed by atoms with Gasteiger partial charge in [0.1, 0.15) is 11.0 Å². The van der Waals surface area contributed by atoms with Crippen molar-refractivity contribution in [1.29, 1.82) is 0 Å². The molecule has 0 N–H and O–H groups in total. The van der Waals surface area contributed by atoms with Crippen molar-refractivity contribution in [3.8, 4) is 0 Å². The number of hydrogen-bond acceptors (Lipinski definition) is 4. The number of aryl methyl sites for hydroxylation is 1. The van der Waals surface area contributed by atoms with E-state index in [0.29, 0.717) is 0 Å². The van der Waals surface area contributed by atoms with Crippen LogP contribution in [0.5, 0.6) is 0 Å². The van der Waals surface area contributed by atoms with Gasteiger partial charge in [0, 0.05) is 11.1 Å². The summed E-state index contributed by atoms with van der Waals surface area (Å²) in [5.41, 5.74) is 0.970. The quantitative estimate of drug-likeness (QED) is 0.499. The Morgan fingerprint density at radius 2 is 2.55 bits per heavy atom. The van der Waals surface area contributed by atoms with Crippen molar-refractivity contribution in [2.24, 2.45) is 4.99 Å². The third-order valence-corrected chi connectivity index (χ3v) is 2.37. The van der Waals surface area contributed by atoms with Crippen molar-refractivity contribution in [1.82, 2.24) is 4.98 Å². The molecule has 4 heteroatoms. The lowest BCUT2D eigenvalue weighted by molar-refractivity contribution is 0.559. The average Bonchev–Trinajstić information content (AvgIpc) is 2.36. The van der Waals surface area contributed by atoms with E-state index in [1.54, 1.807) is 0 Å². The first-order valence-corrected chi connectivity index (χ1v) is 4.11. The summed E-state index contributed by atoms with van der Waals surface area (Å²) in [5.74, 6) is 0. The standard InChI is InChI=1S/C7H8N2OS/c1-5-3-11-7(9-5)6(2)8-4-10/h3,6H,1-2H3. The predicted octanol–water partition coefficient (Wildman–Crippen LogP) is 1.85. The van der Waals surface area contributed by atoms with E-state index in [9.17, 15) is 4.79 Å². The number of isocyanates is 1. The fourth-order valence-corrected chi connectivity index (χ4v) is 1.49. The van der Waals surface area contributed by atoms with Gasteiger partial charge < -0.3 is 0 Å². The van der Waals surface area contributed by atoms with Crippen LogP contribution in [0.15, 0.2) is 10.4 Å². The van der Waals surface area contributed by atoms with E-state index in [0.717, 1.165) is 10.7 Å². The molecular formula is C7H8N2OS. The van der Waals surface area contributed by atoms with Crippen LogP contribution in [0.3, 0.4) is 0 Å². The molecule has 11 heavy (non-hydrogen) atoms. The summed E-state index contributed by atoms with van der Waals surface area (Å²) in [4.78, 5) is 17.6. The maximum Gasteiger partial charge on any atom is 0.235 e. The van der Waals surface area contributed by atoms with Crippen LogP contribution in [-0.4, -0.2) is 11.1 Å². The van der Waals surface area contributed by atoms with Gasteiger partial charge in [-0.15, -0.1) is 11.3 Å². The van der Waals surface area contributed by atoms with Crippen molar-refractivity contribution in [3.05, 3.63) is 16.1 Å². The normalized spacial score (nSPS) is 12.2. The summed E-state index contributed by atoms with van der Waals surface area (Å²) in [5, 5.41) is 2.80. The third kappa shape index (κ3) is 1.97. The molecule has 1 aromatic rings. The number of hydrogen-bond donors (Lipinski definition) is 0. The Balaban J connectivity index is 2.84. The number of nitrogens with zero attached hydrogens (tertiary/aromatic N) is 2. The monoisotopic (exact) mass is 168 g/mol. The lowest BCUT2D eigenvalue weighted by atomic mass is 10.4. The Labute approximate surface area is 68.8 Å². The molecule has 0 aromatic carbocycles. The minimum Gasteiger partial charge on any atom is -0.244 e. The van der Waals surface area contributed by atoms with Gasteiger partial charge in [-0.05, 0) is 13.8 Å². The van der Waals surface area contributed by atoms with Gasteiger partial charge in [0.05, 0.1) is 0 Å². The first-order valence-electron chi connectivity index (χ1n) is 3.23. The maximum absolute atomic E-state index is 9.88. The summed E-state index contributed by atoms with van der Waals surface area (Å²) < 4.78 is 0. The summed E-state index contributed by atoms with van der Waals surface area (Å²) in [7, 11) is 0. The summed E-state index contributed by atoms with van der Waals surface area (Å²) in [6.45, 7) is 3.74. The van der Waals surface area contributed by atoms with E-state index in [4.69, 9.17) is 0 Å². The highest BCUT2D eigenvalue weighted by atomic mass is 32.1. The maximum atomic E-state index is 9.88. The minimum absolute atomic E-state index is 0.147. The zero-order chi connectivity index (χ0) is 8.27. The van der Waals surface area contributed by atoms with Gasteiger partial charge in [-0.2, -0.15) is 4.99 Å². The molecule has 1 unspecified atom stereocenters. The zero-order valence-electron chi connectivity index (χ0n) is 6.37. The lowest BCUT2D eigenvalue weighted by Crippen LogP contribution is -1.87. The van der Waals surface area contributed by atoms with Crippen LogP contribution < -0.4 is 0 Å². The van der Waals surface area contributed by atoms with Gasteiger partial charge in [0.15, 0.2) is 0 Å². The van der Waals surface area contributed by atoms with E-state index < -0.39 is 0 Å². The first-order chi connectivity index (χ1) is 5.24. The molecule has 0 aliphatic carbocycles. The fourth-order valence-electron chi connectivity index (χ4n) is 0.698. The molecule has 3 nitrogen and oxygen atoms in total. The zero-order valence-corrected chi connectivity index (χ0v) is 7.18. The van der Waals surface area contributed by atoms with E-state index in [-0.39, 0.29) is 6.04 Å².